The predicted octanol–water partition coefficient (Wildman–Crippen LogP) is 3.41. The Labute approximate surface area is 117 Å². The van der Waals surface area contributed by atoms with Crippen LogP contribution in [0.15, 0.2) is 6.07 Å². The van der Waals surface area contributed by atoms with Gasteiger partial charge in [-0.25, -0.2) is 0 Å². The maximum absolute atomic E-state index is 5.76. The van der Waals surface area contributed by atoms with E-state index in [2.05, 4.69) is 46.0 Å². The van der Waals surface area contributed by atoms with Crippen molar-refractivity contribution in [1.82, 2.24) is 0 Å². The summed E-state index contributed by atoms with van der Waals surface area (Å²) < 4.78 is 5.44. The number of hydrogen-bond donors (Lipinski definition) is 2. The van der Waals surface area contributed by atoms with Crippen molar-refractivity contribution in [3.8, 4) is 5.75 Å². The Morgan fingerprint density at radius 2 is 1.84 bits per heavy atom. The maximum atomic E-state index is 5.76. The summed E-state index contributed by atoms with van der Waals surface area (Å²) in [5.74, 6) is 0.991. The first-order chi connectivity index (χ1) is 8.82. The van der Waals surface area contributed by atoms with Gasteiger partial charge in [0.2, 0.25) is 0 Å². The molecule has 0 saturated carbocycles. The lowest BCUT2D eigenvalue weighted by molar-refractivity contribution is 0.358. The molecule has 0 bridgehead atoms. The molecular formula is C16H28N2O. The average molecular weight is 264 g/mol. The second kappa shape index (κ2) is 6.29. The molecule has 1 aromatic rings. The molecule has 0 saturated heterocycles. The fraction of sp³-hybridized carbons (Fsp3) is 0.625. The van der Waals surface area contributed by atoms with E-state index in [-0.39, 0.29) is 5.41 Å². The first-order valence-corrected chi connectivity index (χ1v) is 6.91. The first-order valence-electron chi connectivity index (χ1n) is 6.91. The van der Waals surface area contributed by atoms with Crippen molar-refractivity contribution in [2.75, 3.05) is 25.5 Å². The summed E-state index contributed by atoms with van der Waals surface area (Å²) in [5.41, 5.74) is 10.8. The topological polar surface area (TPSA) is 47.3 Å². The van der Waals surface area contributed by atoms with Crippen molar-refractivity contribution in [2.45, 2.75) is 41.0 Å². The van der Waals surface area contributed by atoms with Crippen LogP contribution in [0.1, 0.15) is 37.0 Å². The highest BCUT2D eigenvalue weighted by Gasteiger charge is 2.15. The van der Waals surface area contributed by atoms with Gasteiger partial charge in [0.1, 0.15) is 5.75 Å². The van der Waals surface area contributed by atoms with E-state index in [0.29, 0.717) is 6.54 Å². The molecule has 0 unspecified atom stereocenters. The zero-order valence-corrected chi connectivity index (χ0v) is 13.2. The number of nitrogens with one attached hydrogen (secondary N) is 1. The van der Waals surface area contributed by atoms with Gasteiger partial charge in [-0.05, 0) is 61.9 Å². The normalized spacial score (nSPS) is 11.5. The van der Waals surface area contributed by atoms with Crippen LogP contribution in [0.25, 0.3) is 0 Å². The van der Waals surface area contributed by atoms with Gasteiger partial charge < -0.3 is 15.8 Å². The molecule has 0 atom stereocenters. The SMILES string of the molecule is COc1c(C)cc(NCCC(C)(C)CN)c(C)c1C. The third-order valence-corrected chi connectivity index (χ3v) is 3.90. The lowest BCUT2D eigenvalue weighted by Crippen LogP contribution is -2.26. The van der Waals surface area contributed by atoms with Crippen molar-refractivity contribution in [1.29, 1.82) is 0 Å². The maximum Gasteiger partial charge on any atom is 0.125 e. The number of rotatable bonds is 6. The summed E-state index contributed by atoms with van der Waals surface area (Å²) in [5, 5.41) is 3.53. The van der Waals surface area contributed by atoms with E-state index >= 15 is 0 Å². The van der Waals surface area contributed by atoms with Crippen molar-refractivity contribution in [3.05, 3.63) is 22.8 Å². The van der Waals surface area contributed by atoms with Crippen LogP contribution in [-0.2, 0) is 0 Å². The predicted molar refractivity (Wildman–Crippen MR) is 83.1 cm³/mol. The van der Waals surface area contributed by atoms with Gasteiger partial charge in [-0.1, -0.05) is 13.8 Å². The Morgan fingerprint density at radius 1 is 1.21 bits per heavy atom. The number of benzene rings is 1. The molecule has 0 spiro atoms. The van der Waals surface area contributed by atoms with Crippen LogP contribution in [0.4, 0.5) is 5.69 Å². The molecule has 0 fully saturated rings. The Kier molecular flexibility index (Phi) is 5.24. The van der Waals surface area contributed by atoms with Crippen LogP contribution < -0.4 is 15.8 Å². The number of anilines is 1. The van der Waals surface area contributed by atoms with Crippen molar-refractivity contribution >= 4 is 5.69 Å². The van der Waals surface area contributed by atoms with Gasteiger partial charge in [-0.2, -0.15) is 0 Å². The van der Waals surface area contributed by atoms with E-state index in [1.54, 1.807) is 7.11 Å². The Hall–Kier alpha value is -1.22. The van der Waals surface area contributed by atoms with E-state index in [0.717, 1.165) is 18.7 Å². The number of methoxy groups -OCH3 is 1. The van der Waals surface area contributed by atoms with Gasteiger partial charge in [0, 0.05) is 12.2 Å². The summed E-state index contributed by atoms with van der Waals surface area (Å²) in [6, 6.07) is 2.16. The molecule has 0 radical (unpaired) electrons. The van der Waals surface area contributed by atoms with Gasteiger partial charge in [0.15, 0.2) is 0 Å². The summed E-state index contributed by atoms with van der Waals surface area (Å²) >= 11 is 0. The minimum absolute atomic E-state index is 0.192. The van der Waals surface area contributed by atoms with Crippen LogP contribution in [-0.4, -0.2) is 20.2 Å². The van der Waals surface area contributed by atoms with Gasteiger partial charge in [0.25, 0.3) is 0 Å². The fourth-order valence-electron chi connectivity index (χ4n) is 2.19. The molecule has 1 rings (SSSR count). The molecule has 19 heavy (non-hydrogen) atoms. The van der Waals surface area contributed by atoms with Crippen LogP contribution in [0.5, 0.6) is 5.75 Å². The lowest BCUT2D eigenvalue weighted by atomic mass is 9.89. The molecule has 0 aliphatic carbocycles. The minimum atomic E-state index is 0.192. The van der Waals surface area contributed by atoms with Crippen molar-refractivity contribution in [2.24, 2.45) is 11.1 Å². The van der Waals surface area contributed by atoms with Gasteiger partial charge in [-0.15, -0.1) is 0 Å². The van der Waals surface area contributed by atoms with Crippen LogP contribution in [0, 0.1) is 26.2 Å². The molecule has 3 heteroatoms. The number of aryl methyl sites for hydroxylation is 1. The second-order valence-electron chi connectivity index (χ2n) is 6.07. The molecule has 3 N–H and O–H groups in total. The third kappa shape index (κ3) is 3.87. The zero-order valence-electron chi connectivity index (χ0n) is 13.2. The van der Waals surface area contributed by atoms with E-state index < -0.39 is 0 Å². The fourth-order valence-corrected chi connectivity index (χ4v) is 2.19. The second-order valence-corrected chi connectivity index (χ2v) is 6.07. The molecule has 0 amide bonds. The number of nitrogens with two attached hydrogens (primary N) is 1. The quantitative estimate of drug-likeness (QED) is 0.827. The smallest absolute Gasteiger partial charge is 0.125 e. The molecule has 108 valence electrons. The molecule has 1 aromatic carbocycles. The van der Waals surface area contributed by atoms with Crippen LogP contribution in [0.3, 0.4) is 0 Å². The lowest BCUT2D eigenvalue weighted by Gasteiger charge is -2.23. The summed E-state index contributed by atoms with van der Waals surface area (Å²) in [6.45, 7) is 12.4. The van der Waals surface area contributed by atoms with E-state index in [1.807, 2.05) is 0 Å². The highest BCUT2D eigenvalue weighted by molar-refractivity contribution is 5.61. The van der Waals surface area contributed by atoms with Crippen molar-refractivity contribution in [3.63, 3.8) is 0 Å². The van der Waals surface area contributed by atoms with Crippen LogP contribution in [0.2, 0.25) is 0 Å². The van der Waals surface area contributed by atoms with E-state index in [1.165, 1.54) is 22.4 Å². The highest BCUT2D eigenvalue weighted by Crippen LogP contribution is 2.31. The largest absolute Gasteiger partial charge is 0.496 e. The van der Waals surface area contributed by atoms with Gasteiger partial charge >= 0.3 is 0 Å². The minimum Gasteiger partial charge on any atom is -0.496 e. The molecule has 0 aliphatic rings. The van der Waals surface area contributed by atoms with Gasteiger partial charge in [-0.3, -0.25) is 0 Å². The number of ether oxygens (including phenoxy) is 1. The standard InChI is InChI=1S/C16H28N2O/c1-11-9-14(12(2)13(3)15(11)19-6)18-8-7-16(4,5)10-17/h9,18H,7-8,10,17H2,1-6H3. The molecule has 3 nitrogen and oxygen atoms in total. The summed E-state index contributed by atoms with van der Waals surface area (Å²) in [7, 11) is 1.73. The molecule has 0 heterocycles. The highest BCUT2D eigenvalue weighted by atomic mass is 16.5. The molecule has 0 aliphatic heterocycles. The Morgan fingerprint density at radius 3 is 2.37 bits per heavy atom. The molecule has 0 aromatic heterocycles. The summed E-state index contributed by atoms with van der Waals surface area (Å²) in [6.07, 6.45) is 1.06. The van der Waals surface area contributed by atoms with Gasteiger partial charge in [0.05, 0.1) is 7.11 Å². The molecular weight excluding hydrogens is 236 g/mol. The first kappa shape index (κ1) is 15.8. The Balaban J connectivity index is 2.80. The third-order valence-electron chi connectivity index (χ3n) is 3.90. The van der Waals surface area contributed by atoms with Crippen molar-refractivity contribution < 1.29 is 4.74 Å². The van der Waals surface area contributed by atoms with E-state index in [9.17, 15) is 0 Å². The average Bonchev–Trinajstić information content (AvgIpc) is 2.36. The summed E-state index contributed by atoms with van der Waals surface area (Å²) in [4.78, 5) is 0. The monoisotopic (exact) mass is 264 g/mol. The van der Waals surface area contributed by atoms with Crippen LogP contribution >= 0.6 is 0 Å². The Bertz CT molecular complexity index is 439. The zero-order chi connectivity index (χ0) is 14.6. The number of hydrogen-bond acceptors (Lipinski definition) is 3. The van der Waals surface area contributed by atoms with E-state index in [4.69, 9.17) is 10.5 Å².